The van der Waals surface area contributed by atoms with E-state index in [1.165, 1.54) is 0 Å². The molecular weight excluding hydrogens is 156 g/mol. The van der Waals surface area contributed by atoms with Gasteiger partial charge in [-0.1, -0.05) is 0 Å². The van der Waals surface area contributed by atoms with Gasteiger partial charge in [0.25, 0.3) is 0 Å². The van der Waals surface area contributed by atoms with E-state index in [4.69, 9.17) is 4.74 Å². The third-order valence-corrected chi connectivity index (χ3v) is 1.56. The largest absolute Gasteiger partial charge is 0.383 e. The molecule has 12 heavy (non-hydrogen) atoms. The van der Waals surface area contributed by atoms with Crippen LogP contribution in [0.15, 0.2) is 6.07 Å². The van der Waals surface area contributed by atoms with Gasteiger partial charge in [-0.15, -0.1) is 0 Å². The number of hydrogen-bond donors (Lipinski definition) is 0. The minimum atomic E-state index is 0.571. The summed E-state index contributed by atoms with van der Waals surface area (Å²) in [5.74, 6) is 0. The van der Waals surface area contributed by atoms with E-state index in [0.717, 1.165) is 12.0 Å². The van der Waals surface area contributed by atoms with E-state index >= 15 is 0 Å². The van der Waals surface area contributed by atoms with Crippen molar-refractivity contribution in [1.82, 2.24) is 9.78 Å². The molecule has 1 aromatic rings. The van der Waals surface area contributed by atoms with E-state index in [1.54, 1.807) is 17.9 Å². The molecule has 4 nitrogen and oxygen atoms in total. The fourth-order valence-corrected chi connectivity index (χ4v) is 1.02. The Morgan fingerprint density at radius 1 is 1.75 bits per heavy atom. The Labute approximate surface area is 71.1 Å². The first-order valence-electron chi connectivity index (χ1n) is 3.76. The molecule has 0 saturated carbocycles. The van der Waals surface area contributed by atoms with Crippen molar-refractivity contribution in [2.45, 2.75) is 13.5 Å². The highest BCUT2D eigenvalue weighted by Crippen LogP contribution is 2.00. The molecule has 0 spiro atoms. The summed E-state index contributed by atoms with van der Waals surface area (Å²) in [6, 6.07) is 1.75. The normalized spacial score (nSPS) is 10.2. The number of aryl methyl sites for hydroxylation is 1. The molecule has 1 aromatic heterocycles. The zero-order valence-corrected chi connectivity index (χ0v) is 7.28. The minimum Gasteiger partial charge on any atom is -0.383 e. The van der Waals surface area contributed by atoms with Gasteiger partial charge in [0.05, 0.1) is 18.8 Å². The molecule has 0 aliphatic heterocycles. The number of hydrogen-bond acceptors (Lipinski definition) is 3. The van der Waals surface area contributed by atoms with E-state index in [1.807, 2.05) is 6.92 Å². The summed E-state index contributed by atoms with van der Waals surface area (Å²) in [7, 11) is 1.62. The second kappa shape index (κ2) is 4.01. The highest BCUT2D eigenvalue weighted by Gasteiger charge is 2.02. The second-order valence-electron chi connectivity index (χ2n) is 2.54. The Hall–Kier alpha value is -1.16. The zero-order chi connectivity index (χ0) is 8.97. The second-order valence-corrected chi connectivity index (χ2v) is 2.54. The Bertz CT molecular complexity index is 268. The van der Waals surface area contributed by atoms with Crippen molar-refractivity contribution in [2.75, 3.05) is 13.7 Å². The highest BCUT2D eigenvalue weighted by molar-refractivity contribution is 5.72. The predicted octanol–water partition coefficient (Wildman–Crippen LogP) is 0.650. The molecule has 1 rings (SSSR count). The summed E-state index contributed by atoms with van der Waals surface area (Å²) in [6.45, 7) is 3.05. The van der Waals surface area contributed by atoms with Crippen LogP contribution in [0, 0.1) is 6.92 Å². The van der Waals surface area contributed by atoms with Crippen molar-refractivity contribution in [3.8, 4) is 0 Å². The molecule has 0 aromatic carbocycles. The van der Waals surface area contributed by atoms with Gasteiger partial charge in [0.15, 0.2) is 6.29 Å². The first-order valence-corrected chi connectivity index (χ1v) is 3.76. The summed E-state index contributed by atoms with van der Waals surface area (Å²) in [5.41, 5.74) is 1.46. The summed E-state index contributed by atoms with van der Waals surface area (Å²) in [4.78, 5) is 10.5. The van der Waals surface area contributed by atoms with Crippen molar-refractivity contribution in [3.05, 3.63) is 17.5 Å². The third-order valence-electron chi connectivity index (χ3n) is 1.56. The average Bonchev–Trinajstić information content (AvgIpc) is 2.42. The van der Waals surface area contributed by atoms with E-state index in [-0.39, 0.29) is 0 Å². The van der Waals surface area contributed by atoms with Crippen LogP contribution < -0.4 is 0 Å². The molecule has 0 radical (unpaired) electrons. The third kappa shape index (κ3) is 1.92. The van der Waals surface area contributed by atoms with E-state index in [2.05, 4.69) is 5.10 Å². The van der Waals surface area contributed by atoms with Crippen molar-refractivity contribution >= 4 is 6.29 Å². The lowest BCUT2D eigenvalue weighted by Gasteiger charge is -2.00. The van der Waals surface area contributed by atoms with Gasteiger partial charge in [0.2, 0.25) is 0 Å². The first kappa shape index (κ1) is 8.93. The fraction of sp³-hybridized carbons (Fsp3) is 0.500. The summed E-state index contributed by atoms with van der Waals surface area (Å²) in [5, 5.41) is 4.12. The van der Waals surface area contributed by atoms with Gasteiger partial charge in [0.1, 0.15) is 5.69 Å². The molecule has 0 aliphatic carbocycles. The van der Waals surface area contributed by atoms with Crippen LogP contribution in [0.25, 0.3) is 0 Å². The predicted molar refractivity (Wildman–Crippen MR) is 44.2 cm³/mol. The lowest BCUT2D eigenvalue weighted by atomic mass is 10.4. The maximum atomic E-state index is 10.5. The van der Waals surface area contributed by atoms with Gasteiger partial charge in [-0.25, -0.2) is 0 Å². The fourth-order valence-electron chi connectivity index (χ4n) is 1.02. The van der Waals surface area contributed by atoms with E-state index < -0.39 is 0 Å². The van der Waals surface area contributed by atoms with Crippen LogP contribution in [0.1, 0.15) is 16.2 Å². The number of carbonyl (C=O) groups is 1. The lowest BCUT2D eigenvalue weighted by Crippen LogP contribution is -2.08. The smallest absolute Gasteiger partial charge is 0.168 e. The minimum absolute atomic E-state index is 0.571. The quantitative estimate of drug-likeness (QED) is 0.620. The Kier molecular flexibility index (Phi) is 2.99. The van der Waals surface area contributed by atoms with Crippen LogP contribution in [-0.4, -0.2) is 29.8 Å². The Balaban J connectivity index is 2.74. The molecule has 66 valence electrons. The summed E-state index contributed by atoms with van der Waals surface area (Å²) < 4.78 is 6.52. The number of aromatic nitrogens is 2. The number of ether oxygens (including phenoxy) is 1. The SMILES string of the molecule is COCCn1nc(C)cc1C=O. The summed E-state index contributed by atoms with van der Waals surface area (Å²) >= 11 is 0. The van der Waals surface area contributed by atoms with Gasteiger partial charge in [0, 0.05) is 7.11 Å². The van der Waals surface area contributed by atoms with Gasteiger partial charge in [-0.3, -0.25) is 9.48 Å². The highest BCUT2D eigenvalue weighted by atomic mass is 16.5. The van der Waals surface area contributed by atoms with Gasteiger partial charge in [-0.2, -0.15) is 5.10 Å². The number of methoxy groups -OCH3 is 1. The molecule has 0 atom stereocenters. The van der Waals surface area contributed by atoms with E-state index in [0.29, 0.717) is 18.8 Å². The van der Waals surface area contributed by atoms with E-state index in [9.17, 15) is 4.79 Å². The molecule has 0 bridgehead atoms. The van der Waals surface area contributed by atoms with Crippen LogP contribution in [-0.2, 0) is 11.3 Å². The maximum Gasteiger partial charge on any atom is 0.168 e. The standard InChI is InChI=1S/C8H12N2O2/c1-7-5-8(6-11)10(9-7)3-4-12-2/h5-6H,3-4H2,1-2H3. The summed E-state index contributed by atoms with van der Waals surface area (Å²) in [6.07, 6.45) is 0.801. The lowest BCUT2D eigenvalue weighted by molar-refractivity contribution is 0.111. The van der Waals surface area contributed by atoms with Gasteiger partial charge in [-0.05, 0) is 13.0 Å². The number of nitrogens with zero attached hydrogens (tertiary/aromatic N) is 2. The molecular formula is C8H12N2O2. The molecule has 0 amide bonds. The Morgan fingerprint density at radius 3 is 3.08 bits per heavy atom. The average molecular weight is 168 g/mol. The topological polar surface area (TPSA) is 44.1 Å². The van der Waals surface area contributed by atoms with Crippen molar-refractivity contribution in [1.29, 1.82) is 0 Å². The van der Waals surface area contributed by atoms with Crippen LogP contribution >= 0.6 is 0 Å². The van der Waals surface area contributed by atoms with Gasteiger partial charge >= 0.3 is 0 Å². The monoisotopic (exact) mass is 168 g/mol. The molecule has 1 heterocycles. The maximum absolute atomic E-state index is 10.5. The number of rotatable bonds is 4. The van der Waals surface area contributed by atoms with Crippen LogP contribution in [0.3, 0.4) is 0 Å². The Morgan fingerprint density at radius 2 is 2.50 bits per heavy atom. The zero-order valence-electron chi connectivity index (χ0n) is 7.28. The van der Waals surface area contributed by atoms with Crippen LogP contribution in [0.4, 0.5) is 0 Å². The van der Waals surface area contributed by atoms with Crippen molar-refractivity contribution in [3.63, 3.8) is 0 Å². The van der Waals surface area contributed by atoms with Crippen LogP contribution in [0.2, 0.25) is 0 Å². The molecule has 0 saturated heterocycles. The molecule has 4 heteroatoms. The molecule has 0 unspecified atom stereocenters. The van der Waals surface area contributed by atoms with Crippen molar-refractivity contribution in [2.24, 2.45) is 0 Å². The molecule has 0 fully saturated rings. The number of carbonyl (C=O) groups excluding carboxylic acids is 1. The first-order chi connectivity index (χ1) is 5.77. The molecule has 0 aliphatic rings. The molecule has 0 N–H and O–H groups in total. The van der Waals surface area contributed by atoms with Crippen molar-refractivity contribution < 1.29 is 9.53 Å². The van der Waals surface area contributed by atoms with Crippen LogP contribution in [0.5, 0.6) is 0 Å². The van der Waals surface area contributed by atoms with Gasteiger partial charge < -0.3 is 4.74 Å². The number of aldehydes is 1.